The first-order valence-electron chi connectivity index (χ1n) is 7.03. The number of carbonyl (C=O) groups is 2. The normalized spacial score (nSPS) is 26.4. The second kappa shape index (κ2) is 4.81. The maximum atomic E-state index is 12.4. The lowest BCUT2D eigenvalue weighted by Gasteiger charge is -2.35. The molecule has 0 radical (unpaired) electrons. The van der Waals surface area contributed by atoms with E-state index >= 15 is 0 Å². The van der Waals surface area contributed by atoms with E-state index in [0.717, 1.165) is 6.08 Å². The predicted octanol–water partition coefficient (Wildman–Crippen LogP) is 0.738. The van der Waals surface area contributed by atoms with Gasteiger partial charge in [0.15, 0.2) is 11.5 Å². The van der Waals surface area contributed by atoms with Gasteiger partial charge in [0.2, 0.25) is 5.78 Å². The molecule has 4 N–H and O–H groups in total. The van der Waals surface area contributed by atoms with Gasteiger partial charge in [0.25, 0.3) is 0 Å². The number of aliphatic hydroxyl groups is 2. The van der Waals surface area contributed by atoms with E-state index in [2.05, 4.69) is 0 Å². The molecule has 2 atom stereocenters. The number of phenolic OH excluding ortho intramolecular Hbond substituents is 2. The maximum Gasteiger partial charge on any atom is 0.232 e. The summed E-state index contributed by atoms with van der Waals surface area (Å²) < 4.78 is 4.83. The lowest BCUT2D eigenvalue weighted by molar-refractivity contribution is -0.00904. The fourth-order valence-electron chi connectivity index (χ4n) is 3.29. The zero-order valence-corrected chi connectivity index (χ0v) is 12.6. The Hall–Kier alpha value is -2.38. The number of ether oxygens (including phenoxy) is 1. The summed E-state index contributed by atoms with van der Waals surface area (Å²) in [5.74, 6) is -2.75. The average Bonchev–Trinajstić information content (AvgIpc) is 2.44. The molecule has 1 aromatic carbocycles. The Morgan fingerprint density at radius 1 is 1.22 bits per heavy atom. The Labute approximate surface area is 131 Å². The molecule has 122 valence electrons. The van der Waals surface area contributed by atoms with Gasteiger partial charge < -0.3 is 25.2 Å². The van der Waals surface area contributed by atoms with Crippen molar-refractivity contribution in [3.8, 4) is 11.5 Å². The lowest BCUT2D eigenvalue weighted by Crippen LogP contribution is -2.35. The minimum absolute atomic E-state index is 0.0248. The van der Waals surface area contributed by atoms with Crippen LogP contribution in [-0.4, -0.2) is 44.7 Å². The summed E-state index contributed by atoms with van der Waals surface area (Å²) in [5, 5.41) is 41.2. The molecule has 0 spiro atoms. The van der Waals surface area contributed by atoms with E-state index in [-0.39, 0.29) is 40.9 Å². The zero-order valence-electron chi connectivity index (χ0n) is 12.6. The Morgan fingerprint density at radius 3 is 2.48 bits per heavy atom. The van der Waals surface area contributed by atoms with E-state index in [0.29, 0.717) is 0 Å². The van der Waals surface area contributed by atoms with Crippen LogP contribution in [-0.2, 0) is 11.2 Å². The SMILES string of the molecule is COC1=CC(=O)c2c(O)c3c(c(O)c2C1=O)C[C@](C)(O)CC3O. The van der Waals surface area contributed by atoms with Crippen molar-refractivity contribution in [2.45, 2.75) is 31.5 Å². The molecule has 2 aliphatic carbocycles. The lowest BCUT2D eigenvalue weighted by atomic mass is 9.75. The van der Waals surface area contributed by atoms with Gasteiger partial charge in [0, 0.05) is 30.0 Å². The number of fused-ring (bicyclic) bond motifs is 2. The van der Waals surface area contributed by atoms with Crippen molar-refractivity contribution in [1.29, 1.82) is 0 Å². The molecule has 0 fully saturated rings. The number of allylic oxidation sites excluding steroid dienone is 2. The minimum Gasteiger partial charge on any atom is -0.507 e. The Morgan fingerprint density at radius 2 is 1.87 bits per heavy atom. The fraction of sp³-hybridized carbons (Fsp3) is 0.375. The first-order valence-corrected chi connectivity index (χ1v) is 7.03. The highest BCUT2D eigenvalue weighted by Gasteiger charge is 2.42. The Bertz CT molecular complexity index is 773. The maximum absolute atomic E-state index is 12.4. The van der Waals surface area contributed by atoms with Crippen molar-refractivity contribution in [3.05, 3.63) is 34.1 Å². The van der Waals surface area contributed by atoms with Crippen LogP contribution >= 0.6 is 0 Å². The monoisotopic (exact) mass is 320 g/mol. The second-order valence-corrected chi connectivity index (χ2v) is 6.14. The van der Waals surface area contributed by atoms with Crippen molar-refractivity contribution >= 4 is 11.6 Å². The molecule has 3 rings (SSSR count). The molecule has 1 unspecified atom stereocenters. The third-order valence-electron chi connectivity index (χ3n) is 4.29. The van der Waals surface area contributed by atoms with Crippen molar-refractivity contribution in [3.63, 3.8) is 0 Å². The van der Waals surface area contributed by atoms with E-state index in [9.17, 15) is 30.0 Å². The smallest absolute Gasteiger partial charge is 0.232 e. The summed E-state index contributed by atoms with van der Waals surface area (Å²) in [4.78, 5) is 24.5. The number of ketones is 2. The number of phenols is 2. The first-order chi connectivity index (χ1) is 10.7. The van der Waals surface area contributed by atoms with Gasteiger partial charge in [0.1, 0.15) is 11.5 Å². The molecule has 1 aromatic rings. The van der Waals surface area contributed by atoms with Crippen LogP contribution in [0.25, 0.3) is 0 Å². The number of aliphatic hydroxyl groups excluding tert-OH is 1. The third-order valence-corrected chi connectivity index (χ3v) is 4.29. The van der Waals surface area contributed by atoms with Crippen LogP contribution in [0.3, 0.4) is 0 Å². The molecule has 0 heterocycles. The summed E-state index contributed by atoms with van der Waals surface area (Å²) in [5.41, 5.74) is -2.00. The molecule has 2 aliphatic rings. The van der Waals surface area contributed by atoms with E-state index in [4.69, 9.17) is 4.74 Å². The third kappa shape index (κ3) is 2.12. The number of hydrogen-bond donors (Lipinski definition) is 4. The number of hydrogen-bond acceptors (Lipinski definition) is 7. The van der Waals surface area contributed by atoms with Crippen LogP contribution < -0.4 is 0 Å². The highest BCUT2D eigenvalue weighted by Crippen LogP contribution is 2.49. The number of benzene rings is 1. The molecule has 0 aliphatic heterocycles. The molecule has 0 aromatic heterocycles. The summed E-state index contributed by atoms with van der Waals surface area (Å²) in [6.45, 7) is 1.47. The predicted molar refractivity (Wildman–Crippen MR) is 77.4 cm³/mol. The van der Waals surface area contributed by atoms with Crippen LogP contribution in [0.2, 0.25) is 0 Å². The zero-order chi connectivity index (χ0) is 17.1. The Kier molecular flexibility index (Phi) is 3.24. The van der Waals surface area contributed by atoms with Gasteiger partial charge in [-0.25, -0.2) is 0 Å². The highest BCUT2D eigenvalue weighted by molar-refractivity contribution is 6.26. The Balaban J connectivity index is 2.34. The van der Waals surface area contributed by atoms with Gasteiger partial charge in [-0.1, -0.05) is 0 Å². The summed E-state index contributed by atoms with van der Waals surface area (Å²) >= 11 is 0. The van der Waals surface area contributed by atoms with E-state index in [1.165, 1.54) is 14.0 Å². The first kappa shape index (κ1) is 15.5. The van der Waals surface area contributed by atoms with Crippen molar-refractivity contribution in [1.82, 2.24) is 0 Å². The van der Waals surface area contributed by atoms with Gasteiger partial charge in [0.05, 0.1) is 29.9 Å². The van der Waals surface area contributed by atoms with Crippen molar-refractivity contribution in [2.24, 2.45) is 0 Å². The van der Waals surface area contributed by atoms with Crippen LogP contribution in [0, 0.1) is 0 Å². The van der Waals surface area contributed by atoms with Gasteiger partial charge in [-0.3, -0.25) is 9.59 Å². The summed E-state index contributed by atoms with van der Waals surface area (Å²) in [6, 6.07) is 0. The van der Waals surface area contributed by atoms with Gasteiger partial charge in [-0.05, 0) is 6.92 Å². The average molecular weight is 320 g/mol. The molecule has 0 amide bonds. The molecule has 0 saturated heterocycles. The molecule has 0 bridgehead atoms. The quantitative estimate of drug-likeness (QED) is 0.562. The second-order valence-electron chi connectivity index (χ2n) is 6.14. The van der Waals surface area contributed by atoms with Crippen LogP contribution in [0.4, 0.5) is 0 Å². The number of methoxy groups -OCH3 is 1. The molecule has 7 nitrogen and oxygen atoms in total. The van der Waals surface area contributed by atoms with Gasteiger partial charge >= 0.3 is 0 Å². The summed E-state index contributed by atoms with van der Waals surface area (Å²) in [6.07, 6.45) is -0.463. The molecule has 23 heavy (non-hydrogen) atoms. The van der Waals surface area contributed by atoms with Crippen molar-refractivity contribution in [2.75, 3.05) is 7.11 Å². The largest absolute Gasteiger partial charge is 0.507 e. The van der Waals surface area contributed by atoms with E-state index < -0.39 is 34.8 Å². The topological polar surface area (TPSA) is 124 Å². The standard InChI is InChI=1S/C16H16O7/c1-16(22)4-6-10(8(18)5-16)15(21)11-7(17)3-9(23-2)14(20)12(11)13(6)19/h3,8,18-19,21-22H,4-5H2,1-2H3/t8?,16-/m0/s1. The molecule has 0 saturated carbocycles. The van der Waals surface area contributed by atoms with Crippen LogP contribution in [0.5, 0.6) is 11.5 Å². The number of Topliss-reactive ketones (excluding diaryl/α,β-unsaturated/α-hetero) is 1. The number of rotatable bonds is 1. The molecule has 7 heteroatoms. The van der Waals surface area contributed by atoms with Crippen molar-refractivity contribution < 1.29 is 34.8 Å². The van der Waals surface area contributed by atoms with Crippen LogP contribution in [0.15, 0.2) is 11.8 Å². The highest BCUT2D eigenvalue weighted by atomic mass is 16.5. The molecular formula is C16H16O7. The minimum atomic E-state index is -1.31. The number of carbonyl (C=O) groups excluding carboxylic acids is 2. The fourth-order valence-corrected chi connectivity index (χ4v) is 3.29. The van der Waals surface area contributed by atoms with E-state index in [1.54, 1.807) is 0 Å². The number of aromatic hydroxyl groups is 2. The van der Waals surface area contributed by atoms with Crippen LogP contribution in [0.1, 0.15) is 51.3 Å². The van der Waals surface area contributed by atoms with E-state index in [1.807, 2.05) is 0 Å². The summed E-state index contributed by atoms with van der Waals surface area (Å²) in [7, 11) is 1.21. The van der Waals surface area contributed by atoms with Gasteiger partial charge in [-0.15, -0.1) is 0 Å². The molecular weight excluding hydrogens is 304 g/mol. The van der Waals surface area contributed by atoms with Gasteiger partial charge in [-0.2, -0.15) is 0 Å².